The van der Waals surface area contributed by atoms with Crippen molar-refractivity contribution in [2.45, 2.75) is 13.1 Å². The molecule has 0 spiro atoms. The van der Waals surface area contributed by atoms with Crippen LogP contribution in [-0.4, -0.2) is 29.8 Å². The standard InChI is InChI=1S/C18H16N6O2S/c1-2-7-24-13(14-4-3-8-27-14)11-23-10-12(22-16(23)18(24)26)17(25)21-9-15-19-5-6-20-15/h2-6,8,10-11H,1,7,9H2,(H,19,20)(H,21,25). The molecule has 8 nitrogen and oxygen atoms in total. The molecule has 27 heavy (non-hydrogen) atoms. The highest BCUT2D eigenvalue weighted by Crippen LogP contribution is 2.24. The molecule has 4 rings (SSSR count). The third kappa shape index (κ3) is 3.20. The Bertz CT molecular complexity index is 1150. The van der Waals surface area contributed by atoms with Gasteiger partial charge in [0.2, 0.25) is 5.65 Å². The first-order valence-corrected chi connectivity index (χ1v) is 9.09. The summed E-state index contributed by atoms with van der Waals surface area (Å²) in [5.74, 6) is 0.267. The lowest BCUT2D eigenvalue weighted by Gasteiger charge is -2.10. The van der Waals surface area contributed by atoms with E-state index < -0.39 is 0 Å². The van der Waals surface area contributed by atoms with E-state index in [1.165, 1.54) is 11.3 Å². The van der Waals surface area contributed by atoms with Gasteiger partial charge in [-0.05, 0) is 11.4 Å². The maximum absolute atomic E-state index is 12.9. The predicted molar refractivity (Wildman–Crippen MR) is 103 cm³/mol. The van der Waals surface area contributed by atoms with Crippen molar-refractivity contribution in [3.63, 3.8) is 0 Å². The fourth-order valence-corrected chi connectivity index (χ4v) is 3.52. The largest absolute Gasteiger partial charge is 0.347 e. The lowest BCUT2D eigenvalue weighted by atomic mass is 10.3. The van der Waals surface area contributed by atoms with Crippen LogP contribution >= 0.6 is 11.3 Å². The molecule has 4 heterocycles. The van der Waals surface area contributed by atoms with Crippen LogP contribution in [0.4, 0.5) is 0 Å². The van der Waals surface area contributed by atoms with E-state index in [0.29, 0.717) is 12.4 Å². The number of aromatic amines is 1. The molecule has 0 atom stereocenters. The van der Waals surface area contributed by atoms with E-state index >= 15 is 0 Å². The average molecular weight is 380 g/mol. The molecule has 0 saturated carbocycles. The Morgan fingerprint density at radius 2 is 2.30 bits per heavy atom. The van der Waals surface area contributed by atoms with Crippen molar-refractivity contribution >= 4 is 22.9 Å². The Balaban J connectivity index is 1.73. The van der Waals surface area contributed by atoms with Crippen LogP contribution in [0, 0.1) is 0 Å². The number of carbonyl (C=O) groups is 1. The molecule has 0 saturated heterocycles. The maximum Gasteiger partial charge on any atom is 0.295 e. The van der Waals surface area contributed by atoms with Gasteiger partial charge in [0.15, 0.2) is 0 Å². The van der Waals surface area contributed by atoms with E-state index in [1.807, 2.05) is 23.7 Å². The average Bonchev–Trinajstić information content (AvgIpc) is 3.42. The minimum absolute atomic E-state index is 0.173. The number of rotatable bonds is 6. The number of thiophene rings is 1. The molecule has 0 bridgehead atoms. The summed E-state index contributed by atoms with van der Waals surface area (Å²) in [6.45, 7) is 4.33. The molecule has 0 aromatic carbocycles. The zero-order chi connectivity index (χ0) is 18.8. The van der Waals surface area contributed by atoms with Gasteiger partial charge in [-0.2, -0.15) is 0 Å². The second kappa shape index (κ2) is 7.04. The van der Waals surface area contributed by atoms with Crippen LogP contribution in [0.1, 0.15) is 16.3 Å². The molecule has 4 aromatic heterocycles. The second-order valence-corrected chi connectivity index (χ2v) is 6.72. The smallest absolute Gasteiger partial charge is 0.295 e. The van der Waals surface area contributed by atoms with Crippen LogP contribution in [0.5, 0.6) is 0 Å². The van der Waals surface area contributed by atoms with Crippen molar-refractivity contribution in [3.05, 3.63) is 76.8 Å². The van der Waals surface area contributed by atoms with Gasteiger partial charge >= 0.3 is 0 Å². The summed E-state index contributed by atoms with van der Waals surface area (Å²) in [7, 11) is 0. The zero-order valence-corrected chi connectivity index (χ0v) is 15.1. The maximum atomic E-state index is 12.9. The molecule has 1 amide bonds. The molecule has 0 unspecified atom stereocenters. The van der Waals surface area contributed by atoms with Crippen molar-refractivity contribution in [3.8, 4) is 10.6 Å². The summed E-state index contributed by atoms with van der Waals surface area (Å²) in [6, 6.07) is 3.87. The molecule has 0 fully saturated rings. The van der Waals surface area contributed by atoms with Gasteiger partial charge in [0.1, 0.15) is 11.5 Å². The highest BCUT2D eigenvalue weighted by molar-refractivity contribution is 7.13. The fourth-order valence-electron chi connectivity index (χ4n) is 2.77. The third-order valence-corrected chi connectivity index (χ3v) is 4.90. The van der Waals surface area contributed by atoms with Gasteiger partial charge in [-0.25, -0.2) is 9.97 Å². The van der Waals surface area contributed by atoms with E-state index in [2.05, 4.69) is 26.8 Å². The van der Waals surface area contributed by atoms with E-state index in [-0.39, 0.29) is 29.4 Å². The van der Waals surface area contributed by atoms with Gasteiger partial charge in [0.05, 0.1) is 17.1 Å². The van der Waals surface area contributed by atoms with Crippen LogP contribution in [0.25, 0.3) is 16.2 Å². The van der Waals surface area contributed by atoms with Crippen molar-refractivity contribution in [1.82, 2.24) is 29.2 Å². The van der Waals surface area contributed by atoms with E-state index in [9.17, 15) is 9.59 Å². The molecule has 136 valence electrons. The fraction of sp³-hybridized carbons (Fsp3) is 0.111. The quantitative estimate of drug-likeness (QED) is 0.501. The molecule has 2 N–H and O–H groups in total. The zero-order valence-electron chi connectivity index (χ0n) is 14.3. The Morgan fingerprint density at radius 3 is 3.00 bits per heavy atom. The summed E-state index contributed by atoms with van der Waals surface area (Å²) < 4.78 is 3.20. The Labute approximate surface area is 157 Å². The van der Waals surface area contributed by atoms with Gasteiger partial charge in [0, 0.05) is 31.3 Å². The van der Waals surface area contributed by atoms with Crippen molar-refractivity contribution in [2.24, 2.45) is 0 Å². The highest BCUT2D eigenvalue weighted by atomic mass is 32.1. The first-order valence-electron chi connectivity index (χ1n) is 8.21. The summed E-state index contributed by atoms with van der Waals surface area (Å²) in [4.78, 5) is 37.4. The molecule has 9 heteroatoms. The number of nitrogens with one attached hydrogen (secondary N) is 2. The number of hydrogen-bond donors (Lipinski definition) is 2. The normalized spacial score (nSPS) is 11.0. The molecule has 0 aliphatic heterocycles. The Morgan fingerprint density at radius 1 is 1.41 bits per heavy atom. The number of H-pyrrole nitrogens is 1. The topological polar surface area (TPSA) is 97.1 Å². The number of nitrogens with zero attached hydrogens (tertiary/aromatic N) is 4. The minimum atomic E-state index is -0.373. The predicted octanol–water partition coefficient (Wildman–Crippen LogP) is 2.06. The van der Waals surface area contributed by atoms with Crippen molar-refractivity contribution in [1.29, 1.82) is 0 Å². The van der Waals surface area contributed by atoms with Crippen LogP contribution in [0.15, 0.2) is 59.7 Å². The summed E-state index contributed by atoms with van der Waals surface area (Å²) in [6.07, 6.45) is 8.32. The number of imidazole rings is 2. The molecule has 0 aliphatic carbocycles. The van der Waals surface area contributed by atoms with Crippen molar-refractivity contribution in [2.75, 3.05) is 0 Å². The number of aromatic nitrogens is 5. The van der Waals surface area contributed by atoms with E-state index in [4.69, 9.17) is 0 Å². The minimum Gasteiger partial charge on any atom is -0.347 e. The van der Waals surface area contributed by atoms with E-state index in [0.717, 1.165) is 10.6 Å². The van der Waals surface area contributed by atoms with Crippen LogP contribution in [0.2, 0.25) is 0 Å². The molecular weight excluding hydrogens is 364 g/mol. The molecule has 4 aromatic rings. The van der Waals surface area contributed by atoms with Crippen LogP contribution in [0.3, 0.4) is 0 Å². The number of carbonyl (C=O) groups excluding carboxylic acids is 1. The molecule has 0 aliphatic rings. The monoisotopic (exact) mass is 380 g/mol. The summed E-state index contributed by atoms with van der Waals surface area (Å²) in [5, 5.41) is 4.68. The summed E-state index contributed by atoms with van der Waals surface area (Å²) >= 11 is 1.54. The molecule has 0 radical (unpaired) electrons. The third-order valence-electron chi connectivity index (χ3n) is 4.01. The van der Waals surface area contributed by atoms with E-state index in [1.54, 1.807) is 33.6 Å². The number of allylic oxidation sites excluding steroid dienone is 1. The second-order valence-electron chi connectivity index (χ2n) is 5.77. The Kier molecular flexibility index (Phi) is 4.43. The number of amides is 1. The lowest BCUT2D eigenvalue weighted by molar-refractivity contribution is 0.0945. The molecular formula is C18H16N6O2S. The summed E-state index contributed by atoms with van der Waals surface area (Å²) in [5.41, 5.74) is 0.848. The van der Waals surface area contributed by atoms with Gasteiger partial charge in [-0.3, -0.25) is 18.6 Å². The number of fused-ring (bicyclic) bond motifs is 1. The highest BCUT2D eigenvalue weighted by Gasteiger charge is 2.17. The van der Waals surface area contributed by atoms with Crippen LogP contribution < -0.4 is 10.9 Å². The first-order chi connectivity index (χ1) is 13.2. The van der Waals surface area contributed by atoms with Gasteiger partial charge in [-0.1, -0.05) is 12.1 Å². The van der Waals surface area contributed by atoms with Crippen LogP contribution in [-0.2, 0) is 13.1 Å². The number of hydrogen-bond acceptors (Lipinski definition) is 5. The lowest BCUT2D eigenvalue weighted by Crippen LogP contribution is -2.24. The van der Waals surface area contributed by atoms with Gasteiger partial charge < -0.3 is 10.3 Å². The van der Waals surface area contributed by atoms with Gasteiger partial charge in [-0.15, -0.1) is 17.9 Å². The Hall–Kier alpha value is -3.46. The van der Waals surface area contributed by atoms with Crippen molar-refractivity contribution < 1.29 is 4.79 Å². The van der Waals surface area contributed by atoms with Gasteiger partial charge in [0.25, 0.3) is 11.5 Å². The first kappa shape index (κ1) is 17.0. The SMILES string of the molecule is C=CCn1c(-c2cccs2)cn2cc(C(=O)NCc3ncc[nH]3)nc2c1=O.